The Morgan fingerprint density at radius 3 is 3.06 bits per heavy atom. The van der Waals surface area contributed by atoms with Crippen LogP contribution in [0.4, 0.5) is 20.2 Å². The third-order valence-electron chi connectivity index (χ3n) is 2.69. The Hall–Kier alpha value is -1.62. The van der Waals surface area contributed by atoms with E-state index in [1.807, 2.05) is 11.0 Å². The van der Waals surface area contributed by atoms with Crippen LogP contribution in [0.3, 0.4) is 0 Å². The van der Waals surface area contributed by atoms with E-state index in [1.165, 1.54) is 17.4 Å². The van der Waals surface area contributed by atoms with Crippen LogP contribution in [-0.2, 0) is 6.42 Å². The molecule has 2 N–H and O–H groups in total. The van der Waals surface area contributed by atoms with Crippen LogP contribution in [0.1, 0.15) is 5.56 Å². The lowest BCUT2D eigenvalue weighted by Gasteiger charge is -2.15. The number of hydrogen-bond acceptors (Lipinski definition) is 4. The molecule has 0 radical (unpaired) electrons. The second kappa shape index (κ2) is 3.45. The van der Waals surface area contributed by atoms with Gasteiger partial charge in [0.2, 0.25) is 0 Å². The Kier molecular flexibility index (Phi) is 2.07. The summed E-state index contributed by atoms with van der Waals surface area (Å²) in [4.78, 5) is 6.24. The van der Waals surface area contributed by atoms with Crippen molar-refractivity contribution in [2.75, 3.05) is 17.2 Å². The lowest BCUT2D eigenvalue weighted by Crippen LogP contribution is -2.12. The van der Waals surface area contributed by atoms with Crippen LogP contribution >= 0.6 is 11.3 Å². The minimum Gasteiger partial charge on any atom is -0.389 e. The fourth-order valence-electron chi connectivity index (χ4n) is 1.95. The molecule has 0 amide bonds. The molecule has 2 heterocycles. The van der Waals surface area contributed by atoms with Crippen molar-refractivity contribution in [3.63, 3.8) is 0 Å². The largest absolute Gasteiger partial charge is 0.389 e. The van der Waals surface area contributed by atoms with Gasteiger partial charge in [0.15, 0.2) is 5.13 Å². The van der Waals surface area contributed by atoms with Gasteiger partial charge in [0.1, 0.15) is 10.8 Å². The molecule has 0 saturated heterocycles. The van der Waals surface area contributed by atoms with Crippen LogP contribution in [-0.4, -0.2) is 11.5 Å². The highest BCUT2D eigenvalue weighted by Gasteiger charge is 2.22. The highest BCUT2D eigenvalue weighted by molar-refractivity contribution is 7.19. The summed E-state index contributed by atoms with van der Waals surface area (Å²) in [6, 6.07) is 4.89. The van der Waals surface area contributed by atoms with Crippen molar-refractivity contribution >= 4 is 27.2 Å². The second-order valence-corrected chi connectivity index (χ2v) is 4.76. The maximum Gasteiger partial charge on any atom is 0.191 e. The lowest BCUT2D eigenvalue weighted by molar-refractivity contribution is 0.628. The second-order valence-electron chi connectivity index (χ2n) is 3.72. The van der Waals surface area contributed by atoms with E-state index in [-0.39, 0.29) is 5.82 Å². The molecule has 0 saturated carbocycles. The van der Waals surface area contributed by atoms with Crippen molar-refractivity contribution in [2.24, 2.45) is 0 Å². The van der Waals surface area contributed by atoms with Crippen LogP contribution in [0, 0.1) is 5.82 Å². The first-order valence-electron chi connectivity index (χ1n) is 5.01. The minimum atomic E-state index is -0.213. The number of benzene rings is 1. The van der Waals surface area contributed by atoms with Crippen molar-refractivity contribution in [1.29, 1.82) is 0 Å². The third-order valence-corrected chi connectivity index (χ3v) is 3.53. The number of thiazole rings is 1. The normalized spacial score (nSPS) is 14.2. The van der Waals surface area contributed by atoms with Crippen molar-refractivity contribution in [2.45, 2.75) is 6.42 Å². The molecule has 0 bridgehead atoms. The van der Waals surface area contributed by atoms with Gasteiger partial charge in [-0.2, -0.15) is 0 Å². The van der Waals surface area contributed by atoms with Crippen LogP contribution in [0.15, 0.2) is 24.4 Å². The number of hydrogen-bond donors (Lipinski definition) is 1. The zero-order valence-electron chi connectivity index (χ0n) is 8.48. The molecule has 3 nitrogen and oxygen atoms in total. The van der Waals surface area contributed by atoms with E-state index in [2.05, 4.69) is 4.98 Å². The standard InChI is InChI=1S/C11H10FN3S/c12-8-2-1-7-3-4-15(9(7)5-8)11-14-6-10(13)16-11/h1-2,5-6H,3-4,13H2. The summed E-state index contributed by atoms with van der Waals surface area (Å²) in [7, 11) is 0. The fourth-order valence-corrected chi connectivity index (χ4v) is 2.67. The summed E-state index contributed by atoms with van der Waals surface area (Å²) in [5, 5.41) is 1.52. The number of anilines is 3. The van der Waals surface area contributed by atoms with Crippen LogP contribution in [0.25, 0.3) is 0 Å². The van der Waals surface area contributed by atoms with Crippen LogP contribution in [0.5, 0.6) is 0 Å². The number of nitrogens with zero attached hydrogens (tertiary/aromatic N) is 2. The van der Waals surface area contributed by atoms with Gasteiger partial charge in [-0.3, -0.25) is 0 Å². The summed E-state index contributed by atoms with van der Waals surface area (Å²) < 4.78 is 13.2. The number of aromatic nitrogens is 1. The zero-order chi connectivity index (χ0) is 11.1. The first-order chi connectivity index (χ1) is 7.74. The molecule has 1 aromatic heterocycles. The Bertz CT molecular complexity index is 538. The van der Waals surface area contributed by atoms with E-state index >= 15 is 0 Å². The Morgan fingerprint density at radius 2 is 2.31 bits per heavy atom. The van der Waals surface area contributed by atoms with E-state index < -0.39 is 0 Å². The van der Waals surface area contributed by atoms with Gasteiger partial charge < -0.3 is 10.6 Å². The van der Waals surface area contributed by atoms with Crippen molar-refractivity contribution < 1.29 is 4.39 Å². The van der Waals surface area contributed by atoms with Crippen molar-refractivity contribution in [1.82, 2.24) is 4.98 Å². The van der Waals surface area contributed by atoms with Crippen molar-refractivity contribution in [3.8, 4) is 0 Å². The summed E-state index contributed by atoms with van der Waals surface area (Å²) in [5.41, 5.74) is 7.72. The molecule has 0 atom stereocenters. The summed E-state index contributed by atoms with van der Waals surface area (Å²) in [5.74, 6) is -0.213. The monoisotopic (exact) mass is 235 g/mol. The molecule has 0 spiro atoms. The SMILES string of the molecule is Nc1cnc(N2CCc3ccc(F)cc32)s1. The molecule has 1 aliphatic heterocycles. The zero-order valence-corrected chi connectivity index (χ0v) is 9.30. The van der Waals surface area contributed by atoms with Crippen LogP contribution < -0.4 is 10.6 Å². The summed E-state index contributed by atoms with van der Waals surface area (Å²) in [6.07, 6.45) is 2.56. The smallest absolute Gasteiger partial charge is 0.191 e. The molecule has 0 fully saturated rings. The van der Waals surface area contributed by atoms with Gasteiger partial charge in [-0.05, 0) is 24.1 Å². The van der Waals surface area contributed by atoms with Gasteiger partial charge in [-0.1, -0.05) is 17.4 Å². The molecule has 0 aliphatic carbocycles. The average Bonchev–Trinajstić information content (AvgIpc) is 2.83. The molecular weight excluding hydrogens is 225 g/mol. The highest BCUT2D eigenvalue weighted by Crippen LogP contribution is 2.37. The number of halogens is 1. The Labute approximate surface area is 96.3 Å². The summed E-state index contributed by atoms with van der Waals surface area (Å²) >= 11 is 1.42. The van der Waals surface area contributed by atoms with Gasteiger partial charge >= 0.3 is 0 Å². The van der Waals surface area contributed by atoms with E-state index in [4.69, 9.17) is 5.73 Å². The predicted octanol–water partition coefficient (Wildman–Crippen LogP) is 2.56. The quantitative estimate of drug-likeness (QED) is 0.826. The van der Waals surface area contributed by atoms with Gasteiger partial charge in [-0.15, -0.1) is 0 Å². The molecule has 5 heteroatoms. The Morgan fingerprint density at radius 1 is 1.44 bits per heavy atom. The molecule has 16 heavy (non-hydrogen) atoms. The van der Waals surface area contributed by atoms with E-state index in [9.17, 15) is 4.39 Å². The minimum absolute atomic E-state index is 0.213. The van der Waals surface area contributed by atoms with Gasteiger partial charge in [0, 0.05) is 12.2 Å². The van der Waals surface area contributed by atoms with E-state index in [1.54, 1.807) is 12.3 Å². The molecule has 1 aliphatic rings. The first-order valence-corrected chi connectivity index (χ1v) is 5.83. The molecule has 0 unspecified atom stereocenters. The summed E-state index contributed by atoms with van der Waals surface area (Å²) in [6.45, 7) is 0.839. The lowest BCUT2D eigenvalue weighted by atomic mass is 10.2. The maximum atomic E-state index is 13.2. The highest BCUT2D eigenvalue weighted by atomic mass is 32.1. The average molecular weight is 235 g/mol. The van der Waals surface area contributed by atoms with Crippen molar-refractivity contribution in [3.05, 3.63) is 35.8 Å². The fraction of sp³-hybridized carbons (Fsp3) is 0.182. The van der Waals surface area contributed by atoms with Gasteiger partial charge in [-0.25, -0.2) is 9.37 Å². The Balaban J connectivity index is 2.05. The number of rotatable bonds is 1. The van der Waals surface area contributed by atoms with Gasteiger partial charge in [0.05, 0.1) is 6.20 Å². The number of fused-ring (bicyclic) bond motifs is 1. The van der Waals surface area contributed by atoms with E-state index in [0.717, 1.165) is 29.3 Å². The molecule has 3 rings (SSSR count). The molecule has 1 aromatic carbocycles. The van der Waals surface area contributed by atoms with Crippen LogP contribution in [0.2, 0.25) is 0 Å². The topological polar surface area (TPSA) is 42.1 Å². The third kappa shape index (κ3) is 1.44. The predicted molar refractivity (Wildman–Crippen MR) is 63.6 cm³/mol. The molecular formula is C11H10FN3S. The number of nitrogens with two attached hydrogens (primary N) is 1. The molecule has 2 aromatic rings. The number of nitrogen functional groups attached to an aromatic ring is 1. The van der Waals surface area contributed by atoms with E-state index in [0.29, 0.717) is 5.00 Å². The van der Waals surface area contributed by atoms with Gasteiger partial charge in [0.25, 0.3) is 0 Å². The molecule has 82 valence electrons. The first kappa shape index (κ1) is 9.59. The maximum absolute atomic E-state index is 13.2.